The number of hydrogen-bond donors (Lipinski definition) is 1. The van der Waals surface area contributed by atoms with Gasteiger partial charge in [0.15, 0.2) is 0 Å². The van der Waals surface area contributed by atoms with Crippen molar-refractivity contribution in [3.8, 4) is 0 Å². The minimum absolute atomic E-state index is 0.344. The SMILES string of the molecule is Nc1nc2cc(F)c(Br)cc2n1Cc1ccccc1Br. The van der Waals surface area contributed by atoms with E-state index in [0.29, 0.717) is 22.5 Å². The quantitative estimate of drug-likeness (QED) is 0.698. The molecule has 0 saturated carbocycles. The van der Waals surface area contributed by atoms with Crippen LogP contribution in [0.5, 0.6) is 0 Å². The summed E-state index contributed by atoms with van der Waals surface area (Å²) >= 11 is 6.71. The zero-order chi connectivity index (χ0) is 14.3. The Morgan fingerprint density at radius 2 is 1.90 bits per heavy atom. The number of rotatable bonds is 2. The van der Waals surface area contributed by atoms with E-state index in [1.807, 2.05) is 28.8 Å². The second-order valence-corrected chi connectivity index (χ2v) is 6.11. The molecule has 0 fully saturated rings. The second-order valence-electron chi connectivity index (χ2n) is 4.40. The third-order valence-corrected chi connectivity index (χ3v) is 4.49. The molecule has 2 N–H and O–H groups in total. The fourth-order valence-electron chi connectivity index (χ4n) is 2.10. The molecule has 3 rings (SSSR count). The van der Waals surface area contributed by atoms with Crippen molar-refractivity contribution in [1.29, 1.82) is 0 Å². The van der Waals surface area contributed by atoms with Crippen LogP contribution in [0.15, 0.2) is 45.3 Å². The van der Waals surface area contributed by atoms with Gasteiger partial charge in [0.1, 0.15) is 5.82 Å². The molecule has 3 aromatic rings. The molecule has 0 aliphatic rings. The van der Waals surface area contributed by atoms with Crippen molar-refractivity contribution in [3.05, 3.63) is 56.7 Å². The van der Waals surface area contributed by atoms with E-state index in [9.17, 15) is 4.39 Å². The molecule has 20 heavy (non-hydrogen) atoms. The van der Waals surface area contributed by atoms with E-state index < -0.39 is 0 Å². The molecule has 1 aromatic heterocycles. The Morgan fingerprint density at radius 1 is 1.15 bits per heavy atom. The highest BCUT2D eigenvalue weighted by Crippen LogP contribution is 2.27. The van der Waals surface area contributed by atoms with Crippen LogP contribution >= 0.6 is 31.9 Å². The third kappa shape index (κ3) is 2.33. The van der Waals surface area contributed by atoms with E-state index in [-0.39, 0.29) is 5.82 Å². The van der Waals surface area contributed by atoms with Crippen molar-refractivity contribution in [2.24, 2.45) is 0 Å². The van der Waals surface area contributed by atoms with Gasteiger partial charge in [0.2, 0.25) is 5.95 Å². The molecule has 2 aromatic carbocycles. The summed E-state index contributed by atoms with van der Waals surface area (Å²) < 4.78 is 16.8. The zero-order valence-corrected chi connectivity index (χ0v) is 13.4. The van der Waals surface area contributed by atoms with E-state index in [2.05, 4.69) is 36.8 Å². The summed E-state index contributed by atoms with van der Waals surface area (Å²) in [5.41, 5.74) is 8.38. The Bertz CT molecular complexity index is 798. The topological polar surface area (TPSA) is 43.8 Å². The van der Waals surface area contributed by atoms with Crippen LogP contribution in [0.2, 0.25) is 0 Å². The maximum absolute atomic E-state index is 13.5. The van der Waals surface area contributed by atoms with Crippen molar-refractivity contribution in [3.63, 3.8) is 0 Å². The molecule has 1 heterocycles. The molecule has 0 atom stereocenters. The lowest BCUT2D eigenvalue weighted by Crippen LogP contribution is -2.05. The number of aromatic nitrogens is 2. The van der Waals surface area contributed by atoms with Gasteiger partial charge in [-0.05, 0) is 33.6 Å². The van der Waals surface area contributed by atoms with Crippen LogP contribution in [0, 0.1) is 5.82 Å². The Morgan fingerprint density at radius 3 is 2.65 bits per heavy atom. The number of nitrogens with zero attached hydrogens (tertiary/aromatic N) is 2. The maximum atomic E-state index is 13.5. The molecule has 6 heteroatoms. The van der Waals surface area contributed by atoms with Crippen molar-refractivity contribution in [2.45, 2.75) is 6.54 Å². The number of anilines is 1. The van der Waals surface area contributed by atoms with Crippen LogP contribution in [0.4, 0.5) is 10.3 Å². The second kappa shape index (κ2) is 5.18. The summed E-state index contributed by atoms with van der Waals surface area (Å²) in [4.78, 5) is 4.21. The van der Waals surface area contributed by atoms with Crippen LogP contribution in [0.1, 0.15) is 5.56 Å². The first kappa shape index (κ1) is 13.6. The van der Waals surface area contributed by atoms with Gasteiger partial charge in [-0.15, -0.1) is 0 Å². The van der Waals surface area contributed by atoms with Crippen molar-refractivity contribution in [1.82, 2.24) is 9.55 Å². The van der Waals surface area contributed by atoms with Crippen LogP contribution in [0.3, 0.4) is 0 Å². The number of nitrogen functional groups attached to an aromatic ring is 1. The largest absolute Gasteiger partial charge is 0.369 e. The molecular formula is C14H10Br2FN3. The first-order valence-electron chi connectivity index (χ1n) is 5.90. The molecule has 0 radical (unpaired) electrons. The van der Waals surface area contributed by atoms with Gasteiger partial charge < -0.3 is 10.3 Å². The van der Waals surface area contributed by atoms with Gasteiger partial charge in [-0.2, -0.15) is 0 Å². The van der Waals surface area contributed by atoms with E-state index in [0.717, 1.165) is 15.6 Å². The fraction of sp³-hybridized carbons (Fsp3) is 0.0714. The lowest BCUT2D eigenvalue weighted by atomic mass is 10.2. The number of halogens is 3. The van der Waals surface area contributed by atoms with Gasteiger partial charge in [0, 0.05) is 10.5 Å². The summed E-state index contributed by atoms with van der Waals surface area (Å²) in [5.74, 6) is 0.0243. The van der Waals surface area contributed by atoms with Crippen molar-refractivity contribution < 1.29 is 4.39 Å². The van der Waals surface area contributed by atoms with Crippen LogP contribution in [-0.2, 0) is 6.54 Å². The minimum Gasteiger partial charge on any atom is -0.369 e. The smallest absolute Gasteiger partial charge is 0.201 e. The summed E-state index contributed by atoms with van der Waals surface area (Å²) in [6.07, 6.45) is 0. The predicted molar refractivity (Wildman–Crippen MR) is 85.0 cm³/mol. The Labute approximate surface area is 131 Å². The monoisotopic (exact) mass is 397 g/mol. The highest BCUT2D eigenvalue weighted by Gasteiger charge is 2.12. The Hall–Kier alpha value is -1.40. The molecule has 0 unspecified atom stereocenters. The zero-order valence-electron chi connectivity index (χ0n) is 10.3. The summed E-state index contributed by atoms with van der Waals surface area (Å²) in [6, 6.07) is 11.0. The van der Waals surface area contributed by atoms with Gasteiger partial charge in [-0.25, -0.2) is 9.37 Å². The predicted octanol–water partition coefficient (Wildman–Crippen LogP) is 4.33. The normalized spacial score (nSPS) is 11.2. The average molecular weight is 399 g/mol. The molecule has 0 bridgehead atoms. The molecule has 0 aliphatic heterocycles. The first-order chi connectivity index (χ1) is 9.56. The minimum atomic E-state index is -0.344. The number of hydrogen-bond acceptors (Lipinski definition) is 2. The Kier molecular flexibility index (Phi) is 3.52. The Balaban J connectivity index is 2.14. The van der Waals surface area contributed by atoms with Crippen LogP contribution in [-0.4, -0.2) is 9.55 Å². The summed E-state index contributed by atoms with van der Waals surface area (Å²) in [5, 5.41) is 0. The van der Waals surface area contributed by atoms with Gasteiger partial charge in [-0.3, -0.25) is 0 Å². The van der Waals surface area contributed by atoms with E-state index in [1.54, 1.807) is 6.07 Å². The molecule has 102 valence electrons. The molecule has 3 nitrogen and oxygen atoms in total. The lowest BCUT2D eigenvalue weighted by Gasteiger charge is -2.08. The van der Waals surface area contributed by atoms with Gasteiger partial charge in [-0.1, -0.05) is 34.1 Å². The standard InChI is InChI=1S/C14H10Br2FN3/c15-9-4-2-1-3-8(9)7-20-13-5-10(16)11(17)6-12(13)19-14(20)18/h1-6H,7H2,(H2,18,19). The van der Waals surface area contributed by atoms with E-state index >= 15 is 0 Å². The van der Waals surface area contributed by atoms with Gasteiger partial charge in [0.25, 0.3) is 0 Å². The number of fused-ring (bicyclic) bond motifs is 1. The molecular weight excluding hydrogens is 389 g/mol. The number of benzene rings is 2. The van der Waals surface area contributed by atoms with E-state index in [1.165, 1.54) is 6.07 Å². The van der Waals surface area contributed by atoms with Gasteiger partial charge in [0.05, 0.1) is 22.1 Å². The fourth-order valence-corrected chi connectivity index (χ4v) is 2.84. The highest BCUT2D eigenvalue weighted by molar-refractivity contribution is 9.10. The summed E-state index contributed by atoms with van der Waals surface area (Å²) in [7, 11) is 0. The first-order valence-corrected chi connectivity index (χ1v) is 7.49. The molecule has 0 amide bonds. The lowest BCUT2D eigenvalue weighted by molar-refractivity contribution is 0.622. The third-order valence-electron chi connectivity index (χ3n) is 3.11. The van der Waals surface area contributed by atoms with Gasteiger partial charge >= 0.3 is 0 Å². The average Bonchev–Trinajstić information content (AvgIpc) is 2.69. The maximum Gasteiger partial charge on any atom is 0.201 e. The van der Waals surface area contributed by atoms with Crippen LogP contribution < -0.4 is 5.73 Å². The van der Waals surface area contributed by atoms with Crippen LogP contribution in [0.25, 0.3) is 11.0 Å². The van der Waals surface area contributed by atoms with Crippen molar-refractivity contribution >= 4 is 48.8 Å². The van der Waals surface area contributed by atoms with Crippen molar-refractivity contribution in [2.75, 3.05) is 5.73 Å². The molecule has 0 saturated heterocycles. The summed E-state index contributed by atoms with van der Waals surface area (Å²) in [6.45, 7) is 0.571. The molecule has 0 spiro atoms. The number of nitrogens with two attached hydrogens (primary N) is 1. The van der Waals surface area contributed by atoms with E-state index in [4.69, 9.17) is 5.73 Å². The highest BCUT2D eigenvalue weighted by atomic mass is 79.9. The number of imidazole rings is 1. The molecule has 0 aliphatic carbocycles.